The van der Waals surface area contributed by atoms with Crippen LogP contribution in [-0.2, 0) is 13.5 Å². The number of thiazole rings is 1. The van der Waals surface area contributed by atoms with Crippen molar-refractivity contribution in [2.24, 2.45) is 7.05 Å². The average Bonchev–Trinajstić information content (AvgIpc) is 2.76. The molecule has 0 bridgehead atoms. The number of rotatable bonds is 4. The molecule has 0 saturated heterocycles. The van der Waals surface area contributed by atoms with Gasteiger partial charge in [-0.1, -0.05) is 0 Å². The molecule has 0 amide bonds. The third-order valence-corrected chi connectivity index (χ3v) is 2.81. The normalized spacial score (nSPS) is 10.5. The number of anilines is 1. The van der Waals surface area contributed by atoms with E-state index in [1.807, 2.05) is 19.4 Å². The second-order valence-corrected chi connectivity index (χ2v) is 4.16. The summed E-state index contributed by atoms with van der Waals surface area (Å²) in [5.74, 6) is 0.860. The van der Waals surface area contributed by atoms with Crippen LogP contribution in [0, 0.1) is 6.92 Å². The monoisotopic (exact) mass is 223 g/mol. The molecule has 2 aromatic heterocycles. The van der Waals surface area contributed by atoms with Gasteiger partial charge in [-0.3, -0.25) is 4.68 Å². The lowest BCUT2D eigenvalue weighted by molar-refractivity contribution is 0.742. The molecule has 2 heterocycles. The van der Waals surface area contributed by atoms with Gasteiger partial charge < -0.3 is 5.32 Å². The lowest BCUT2D eigenvalue weighted by Gasteiger charge is -1.98. The minimum Gasteiger partial charge on any atom is -0.361 e. The number of aromatic nitrogens is 4. The van der Waals surface area contributed by atoms with Crippen molar-refractivity contribution in [2.45, 2.75) is 13.3 Å². The molecule has 6 heteroatoms. The molecular weight excluding hydrogens is 210 g/mol. The summed E-state index contributed by atoms with van der Waals surface area (Å²) >= 11 is 1.62. The molecule has 0 spiro atoms. The quantitative estimate of drug-likeness (QED) is 0.847. The Bertz CT molecular complexity index is 393. The molecule has 1 N–H and O–H groups in total. The van der Waals surface area contributed by atoms with Gasteiger partial charge in [0.1, 0.15) is 6.33 Å². The van der Waals surface area contributed by atoms with Crippen molar-refractivity contribution in [1.29, 1.82) is 0 Å². The Labute approximate surface area is 92.2 Å². The van der Waals surface area contributed by atoms with Crippen molar-refractivity contribution in [1.82, 2.24) is 19.7 Å². The highest BCUT2D eigenvalue weighted by molar-refractivity contribution is 7.13. The molecule has 0 aliphatic carbocycles. The van der Waals surface area contributed by atoms with E-state index in [9.17, 15) is 0 Å². The summed E-state index contributed by atoms with van der Waals surface area (Å²) in [6, 6.07) is 0. The van der Waals surface area contributed by atoms with Crippen molar-refractivity contribution in [3.8, 4) is 0 Å². The van der Waals surface area contributed by atoms with Gasteiger partial charge in [0.25, 0.3) is 0 Å². The van der Waals surface area contributed by atoms with Gasteiger partial charge in [-0.25, -0.2) is 9.97 Å². The number of aryl methyl sites for hydroxylation is 2. The summed E-state index contributed by atoms with van der Waals surface area (Å²) in [6.07, 6.45) is 2.53. The van der Waals surface area contributed by atoms with Gasteiger partial charge in [-0.2, -0.15) is 5.10 Å². The molecule has 0 unspecified atom stereocenters. The maximum atomic E-state index is 4.31. The van der Waals surface area contributed by atoms with Gasteiger partial charge in [0, 0.05) is 25.4 Å². The molecule has 0 fully saturated rings. The van der Waals surface area contributed by atoms with Gasteiger partial charge in [0.05, 0.1) is 5.69 Å². The molecule has 0 aliphatic rings. The summed E-state index contributed by atoms with van der Waals surface area (Å²) in [7, 11) is 1.87. The van der Waals surface area contributed by atoms with Crippen LogP contribution in [0.5, 0.6) is 0 Å². The highest BCUT2D eigenvalue weighted by atomic mass is 32.1. The van der Waals surface area contributed by atoms with Crippen LogP contribution < -0.4 is 5.32 Å². The van der Waals surface area contributed by atoms with Crippen LogP contribution in [0.15, 0.2) is 11.7 Å². The Morgan fingerprint density at radius 3 is 3.00 bits per heavy atom. The standard InChI is InChI=1S/C9H13N5S/c1-7-5-15-9(12-7)10-4-3-8-11-6-14(2)13-8/h5-6H,3-4H2,1-2H3,(H,10,12). The zero-order valence-electron chi connectivity index (χ0n) is 8.77. The topological polar surface area (TPSA) is 55.6 Å². The smallest absolute Gasteiger partial charge is 0.182 e. The molecule has 0 atom stereocenters. The third-order valence-electron chi connectivity index (χ3n) is 1.89. The first-order valence-corrected chi connectivity index (χ1v) is 5.62. The maximum absolute atomic E-state index is 4.31. The van der Waals surface area contributed by atoms with Crippen LogP contribution in [-0.4, -0.2) is 26.3 Å². The summed E-state index contributed by atoms with van der Waals surface area (Å²) in [5.41, 5.74) is 1.05. The van der Waals surface area contributed by atoms with E-state index in [1.54, 1.807) is 22.3 Å². The van der Waals surface area contributed by atoms with Crippen molar-refractivity contribution in [3.05, 3.63) is 23.2 Å². The molecular formula is C9H13N5S. The number of hydrogen-bond donors (Lipinski definition) is 1. The van der Waals surface area contributed by atoms with Crippen LogP contribution in [0.25, 0.3) is 0 Å². The zero-order chi connectivity index (χ0) is 10.7. The van der Waals surface area contributed by atoms with Gasteiger partial charge in [-0.15, -0.1) is 11.3 Å². The molecule has 0 saturated carbocycles. The van der Waals surface area contributed by atoms with Crippen molar-refractivity contribution < 1.29 is 0 Å². The SMILES string of the molecule is Cc1csc(NCCc2ncn(C)n2)n1. The van der Waals surface area contributed by atoms with Crippen LogP contribution in [0.1, 0.15) is 11.5 Å². The molecule has 0 aromatic carbocycles. The average molecular weight is 223 g/mol. The van der Waals surface area contributed by atoms with Gasteiger partial charge in [-0.05, 0) is 6.92 Å². The van der Waals surface area contributed by atoms with E-state index in [-0.39, 0.29) is 0 Å². The summed E-state index contributed by atoms with van der Waals surface area (Å²) in [5, 5.41) is 10.4. The van der Waals surface area contributed by atoms with E-state index in [2.05, 4.69) is 20.4 Å². The Morgan fingerprint density at radius 1 is 1.53 bits per heavy atom. The lowest BCUT2D eigenvalue weighted by atomic mass is 10.4. The summed E-state index contributed by atoms with van der Waals surface area (Å²) < 4.78 is 1.71. The molecule has 80 valence electrons. The van der Waals surface area contributed by atoms with Crippen LogP contribution in [0.3, 0.4) is 0 Å². The zero-order valence-corrected chi connectivity index (χ0v) is 9.58. The van der Waals surface area contributed by atoms with E-state index in [1.165, 1.54) is 0 Å². The molecule has 5 nitrogen and oxygen atoms in total. The van der Waals surface area contributed by atoms with E-state index in [4.69, 9.17) is 0 Å². The minimum absolute atomic E-state index is 0.816. The van der Waals surface area contributed by atoms with Crippen LogP contribution >= 0.6 is 11.3 Å². The van der Waals surface area contributed by atoms with E-state index in [0.29, 0.717) is 0 Å². The third kappa shape index (κ3) is 2.76. The second-order valence-electron chi connectivity index (χ2n) is 3.31. The van der Waals surface area contributed by atoms with E-state index < -0.39 is 0 Å². The van der Waals surface area contributed by atoms with E-state index >= 15 is 0 Å². The van der Waals surface area contributed by atoms with Gasteiger partial charge in [0.2, 0.25) is 0 Å². The fourth-order valence-corrected chi connectivity index (χ4v) is 1.93. The Balaban J connectivity index is 1.80. The maximum Gasteiger partial charge on any atom is 0.182 e. The van der Waals surface area contributed by atoms with Crippen molar-refractivity contribution in [2.75, 3.05) is 11.9 Å². The van der Waals surface area contributed by atoms with E-state index in [0.717, 1.165) is 29.6 Å². The number of hydrogen-bond acceptors (Lipinski definition) is 5. The first-order chi connectivity index (χ1) is 7.24. The Hall–Kier alpha value is -1.43. The first kappa shape index (κ1) is 10.1. The molecule has 2 rings (SSSR count). The molecule has 15 heavy (non-hydrogen) atoms. The molecule has 0 radical (unpaired) electrons. The summed E-state index contributed by atoms with van der Waals surface area (Å²) in [4.78, 5) is 8.46. The first-order valence-electron chi connectivity index (χ1n) is 4.74. The van der Waals surface area contributed by atoms with Crippen molar-refractivity contribution >= 4 is 16.5 Å². The Kier molecular flexibility index (Phi) is 2.96. The number of nitrogens with one attached hydrogen (secondary N) is 1. The Morgan fingerprint density at radius 2 is 2.40 bits per heavy atom. The van der Waals surface area contributed by atoms with Crippen LogP contribution in [0.2, 0.25) is 0 Å². The predicted octanol–water partition coefficient (Wildman–Crippen LogP) is 1.23. The summed E-state index contributed by atoms with van der Waals surface area (Å²) in [6.45, 7) is 2.80. The fourth-order valence-electron chi connectivity index (χ4n) is 1.21. The fraction of sp³-hybridized carbons (Fsp3) is 0.444. The van der Waals surface area contributed by atoms with Crippen LogP contribution in [0.4, 0.5) is 5.13 Å². The predicted molar refractivity (Wildman–Crippen MR) is 60.0 cm³/mol. The lowest BCUT2D eigenvalue weighted by Crippen LogP contribution is -2.06. The second kappa shape index (κ2) is 4.39. The van der Waals surface area contributed by atoms with Gasteiger partial charge in [0.15, 0.2) is 11.0 Å². The molecule has 2 aromatic rings. The molecule has 0 aliphatic heterocycles. The highest BCUT2D eigenvalue weighted by Crippen LogP contribution is 2.13. The largest absolute Gasteiger partial charge is 0.361 e. The number of nitrogens with zero attached hydrogens (tertiary/aromatic N) is 4. The highest BCUT2D eigenvalue weighted by Gasteiger charge is 2.00. The van der Waals surface area contributed by atoms with Gasteiger partial charge >= 0.3 is 0 Å². The van der Waals surface area contributed by atoms with Crippen molar-refractivity contribution in [3.63, 3.8) is 0 Å². The minimum atomic E-state index is 0.816.